The maximum atomic E-state index is 13.3. The molecule has 1 atom stereocenters. The number of rotatable bonds is 6. The number of nitrogens with one attached hydrogen (secondary N) is 1. The molecule has 0 saturated carbocycles. The number of pyridine rings is 1. The Balaban J connectivity index is 2.34. The van der Waals surface area contributed by atoms with Crippen LogP contribution in [0.3, 0.4) is 0 Å². The molecule has 3 aromatic rings. The van der Waals surface area contributed by atoms with Gasteiger partial charge in [0.15, 0.2) is 5.65 Å². The fourth-order valence-electron chi connectivity index (χ4n) is 3.30. The Hall–Kier alpha value is -2.22. The van der Waals surface area contributed by atoms with E-state index in [2.05, 4.69) is 9.97 Å². The summed E-state index contributed by atoms with van der Waals surface area (Å²) in [6, 6.07) is 5.33. The van der Waals surface area contributed by atoms with Crippen LogP contribution in [0.5, 0.6) is 0 Å². The van der Waals surface area contributed by atoms with Gasteiger partial charge in [-0.15, -0.1) is 0 Å². The number of fused-ring (bicyclic) bond motifs is 1. The lowest BCUT2D eigenvalue weighted by Gasteiger charge is -2.25. The molecule has 0 spiro atoms. The standard InChI is InChI=1S/C18H19ClFN3O3/c1-2-14(11(8-24)9-25)23-16-15(10-3-5-12(20)6-4-10)13(19)7-21-17(16)22-18(23)26/h3-7,11,14,24-25H,2,8-9H2,1H3,(H,21,22,26)/t14-/m0/s1. The van der Waals surface area contributed by atoms with E-state index in [1.165, 1.54) is 22.9 Å². The van der Waals surface area contributed by atoms with E-state index < -0.39 is 17.6 Å². The van der Waals surface area contributed by atoms with E-state index in [0.29, 0.717) is 33.7 Å². The molecule has 6 nitrogen and oxygen atoms in total. The fraction of sp³-hybridized carbons (Fsp3) is 0.333. The van der Waals surface area contributed by atoms with Gasteiger partial charge in [0.2, 0.25) is 0 Å². The number of aromatic nitrogens is 3. The molecule has 0 aliphatic heterocycles. The van der Waals surface area contributed by atoms with Gasteiger partial charge in [-0.1, -0.05) is 30.7 Å². The van der Waals surface area contributed by atoms with Crippen LogP contribution in [-0.2, 0) is 0 Å². The smallest absolute Gasteiger partial charge is 0.327 e. The van der Waals surface area contributed by atoms with E-state index in [1.807, 2.05) is 6.92 Å². The number of halogens is 2. The Kier molecular flexibility index (Phi) is 5.41. The van der Waals surface area contributed by atoms with Crippen molar-refractivity contribution in [1.29, 1.82) is 0 Å². The molecule has 138 valence electrons. The van der Waals surface area contributed by atoms with Crippen LogP contribution in [0.4, 0.5) is 4.39 Å². The lowest BCUT2D eigenvalue weighted by molar-refractivity contribution is 0.108. The zero-order valence-electron chi connectivity index (χ0n) is 14.1. The molecule has 8 heteroatoms. The van der Waals surface area contributed by atoms with Gasteiger partial charge in [0, 0.05) is 23.7 Å². The predicted molar refractivity (Wildman–Crippen MR) is 97.7 cm³/mol. The van der Waals surface area contributed by atoms with E-state index in [9.17, 15) is 19.4 Å². The molecular weight excluding hydrogens is 361 g/mol. The number of aliphatic hydroxyl groups is 2. The fourth-order valence-corrected chi connectivity index (χ4v) is 3.55. The van der Waals surface area contributed by atoms with Gasteiger partial charge in [-0.2, -0.15) is 0 Å². The highest BCUT2D eigenvalue weighted by Crippen LogP contribution is 2.35. The van der Waals surface area contributed by atoms with Gasteiger partial charge in [-0.05, 0) is 24.1 Å². The average molecular weight is 380 g/mol. The van der Waals surface area contributed by atoms with Gasteiger partial charge in [-0.25, -0.2) is 14.2 Å². The first-order valence-electron chi connectivity index (χ1n) is 8.28. The third-order valence-electron chi connectivity index (χ3n) is 4.59. The summed E-state index contributed by atoms with van der Waals surface area (Å²) in [5.41, 5.74) is 1.58. The molecule has 0 unspecified atom stereocenters. The van der Waals surface area contributed by atoms with Crippen molar-refractivity contribution in [3.63, 3.8) is 0 Å². The Bertz CT molecular complexity index is 964. The van der Waals surface area contributed by atoms with Gasteiger partial charge in [-0.3, -0.25) is 9.55 Å². The normalized spacial score (nSPS) is 12.8. The highest BCUT2D eigenvalue weighted by atomic mass is 35.5. The molecule has 0 fully saturated rings. The molecular formula is C18H19ClFN3O3. The number of H-pyrrole nitrogens is 1. The third kappa shape index (κ3) is 3.13. The van der Waals surface area contributed by atoms with Crippen molar-refractivity contribution in [3.05, 3.63) is 51.8 Å². The number of aliphatic hydroxyl groups excluding tert-OH is 2. The Morgan fingerprint density at radius 3 is 2.50 bits per heavy atom. The largest absolute Gasteiger partial charge is 0.396 e. The van der Waals surface area contributed by atoms with E-state index in [-0.39, 0.29) is 19.0 Å². The minimum atomic E-state index is -0.517. The third-order valence-corrected chi connectivity index (χ3v) is 4.87. The highest BCUT2D eigenvalue weighted by Gasteiger charge is 2.27. The molecule has 3 N–H and O–H groups in total. The second-order valence-electron chi connectivity index (χ2n) is 6.09. The molecule has 0 aliphatic carbocycles. The Labute approximate surface area is 153 Å². The lowest BCUT2D eigenvalue weighted by Crippen LogP contribution is -2.31. The number of aromatic amines is 1. The summed E-state index contributed by atoms with van der Waals surface area (Å²) < 4.78 is 14.8. The second-order valence-corrected chi connectivity index (χ2v) is 6.49. The molecule has 0 radical (unpaired) electrons. The highest BCUT2D eigenvalue weighted by molar-refractivity contribution is 6.34. The van der Waals surface area contributed by atoms with E-state index >= 15 is 0 Å². The molecule has 0 saturated heterocycles. The first-order chi connectivity index (χ1) is 12.5. The second kappa shape index (κ2) is 7.57. The van der Waals surface area contributed by atoms with Crippen molar-refractivity contribution in [1.82, 2.24) is 14.5 Å². The summed E-state index contributed by atoms with van der Waals surface area (Å²) in [7, 11) is 0. The van der Waals surface area contributed by atoms with E-state index in [0.717, 1.165) is 0 Å². The van der Waals surface area contributed by atoms with Gasteiger partial charge in [0.1, 0.15) is 5.82 Å². The summed E-state index contributed by atoms with van der Waals surface area (Å²) in [4.78, 5) is 19.5. The molecule has 0 aliphatic rings. The van der Waals surface area contributed by atoms with Crippen molar-refractivity contribution < 1.29 is 14.6 Å². The number of nitrogens with zero attached hydrogens (tertiary/aromatic N) is 2. The van der Waals surface area contributed by atoms with Gasteiger partial charge in [0.25, 0.3) is 0 Å². The molecule has 2 heterocycles. The Morgan fingerprint density at radius 1 is 1.27 bits per heavy atom. The number of hydrogen-bond acceptors (Lipinski definition) is 4. The summed E-state index contributed by atoms with van der Waals surface area (Å²) in [5.74, 6) is -0.898. The van der Waals surface area contributed by atoms with Crippen LogP contribution in [0.15, 0.2) is 35.3 Å². The van der Waals surface area contributed by atoms with Crippen LogP contribution in [0.1, 0.15) is 19.4 Å². The van der Waals surface area contributed by atoms with Crippen LogP contribution in [0.2, 0.25) is 5.02 Å². The van der Waals surface area contributed by atoms with Gasteiger partial charge >= 0.3 is 5.69 Å². The van der Waals surface area contributed by atoms with Gasteiger partial charge < -0.3 is 10.2 Å². The van der Waals surface area contributed by atoms with E-state index in [1.54, 1.807) is 12.1 Å². The van der Waals surface area contributed by atoms with E-state index in [4.69, 9.17) is 11.6 Å². The maximum Gasteiger partial charge on any atom is 0.327 e. The van der Waals surface area contributed by atoms with Crippen LogP contribution >= 0.6 is 11.6 Å². The van der Waals surface area contributed by atoms with Crippen LogP contribution in [0.25, 0.3) is 22.3 Å². The van der Waals surface area contributed by atoms with Crippen molar-refractivity contribution in [2.24, 2.45) is 5.92 Å². The van der Waals surface area contributed by atoms with Crippen LogP contribution in [0, 0.1) is 11.7 Å². The minimum absolute atomic E-state index is 0.270. The summed E-state index contributed by atoms with van der Waals surface area (Å²) in [6.45, 7) is 1.33. The van der Waals surface area contributed by atoms with Crippen molar-refractivity contribution in [2.45, 2.75) is 19.4 Å². The van der Waals surface area contributed by atoms with Crippen molar-refractivity contribution >= 4 is 22.8 Å². The minimum Gasteiger partial charge on any atom is -0.396 e. The van der Waals surface area contributed by atoms with Crippen molar-refractivity contribution in [2.75, 3.05) is 13.2 Å². The van der Waals surface area contributed by atoms with Gasteiger partial charge in [0.05, 0.1) is 23.8 Å². The monoisotopic (exact) mass is 379 g/mol. The summed E-state index contributed by atoms with van der Waals surface area (Å²) >= 11 is 6.37. The summed E-state index contributed by atoms with van der Waals surface area (Å²) in [6.07, 6.45) is 1.94. The molecule has 0 amide bonds. The Morgan fingerprint density at radius 2 is 1.92 bits per heavy atom. The SMILES string of the molecule is CC[C@@H](C(CO)CO)n1c(=O)[nH]c2ncc(Cl)c(-c3ccc(F)cc3)c21. The zero-order valence-corrected chi connectivity index (χ0v) is 14.9. The molecule has 3 rings (SSSR count). The quantitative estimate of drug-likeness (QED) is 0.614. The van der Waals surface area contributed by atoms with Crippen molar-refractivity contribution in [3.8, 4) is 11.1 Å². The number of hydrogen-bond donors (Lipinski definition) is 3. The number of benzene rings is 1. The molecule has 26 heavy (non-hydrogen) atoms. The first kappa shape index (κ1) is 18.6. The summed E-state index contributed by atoms with van der Waals surface area (Å²) in [5, 5.41) is 19.5. The molecule has 1 aromatic carbocycles. The zero-order chi connectivity index (χ0) is 18.8. The molecule has 2 aromatic heterocycles. The van der Waals surface area contributed by atoms with Crippen LogP contribution < -0.4 is 5.69 Å². The predicted octanol–water partition coefficient (Wildman–Crippen LogP) is 2.74. The average Bonchev–Trinajstić information content (AvgIpc) is 2.96. The first-order valence-corrected chi connectivity index (χ1v) is 8.65. The molecule has 0 bridgehead atoms. The maximum absolute atomic E-state index is 13.3. The lowest BCUT2D eigenvalue weighted by atomic mass is 9.98. The number of imidazole rings is 1. The topological polar surface area (TPSA) is 91.1 Å². The van der Waals surface area contributed by atoms with Crippen LogP contribution in [-0.4, -0.2) is 38.0 Å².